The molecule has 3 amide bonds. The SMILES string of the molecule is O=C(NC1CCCC1)c1ccc(NC2=C(Cl)C(=O)N(c3ccccc3Cl)C2=O)cc1. The molecule has 0 bridgehead atoms. The zero-order valence-corrected chi connectivity index (χ0v) is 17.5. The number of hydrogen-bond donors (Lipinski definition) is 2. The normalized spacial score (nSPS) is 17.1. The molecule has 2 aromatic carbocycles. The van der Waals surface area contributed by atoms with Crippen molar-refractivity contribution in [1.29, 1.82) is 0 Å². The largest absolute Gasteiger partial charge is 0.350 e. The first-order chi connectivity index (χ1) is 14.5. The van der Waals surface area contributed by atoms with Crippen LogP contribution in [0.5, 0.6) is 0 Å². The number of amides is 3. The van der Waals surface area contributed by atoms with E-state index in [4.69, 9.17) is 23.2 Å². The summed E-state index contributed by atoms with van der Waals surface area (Å²) < 4.78 is 0. The van der Waals surface area contributed by atoms with Crippen molar-refractivity contribution in [3.05, 3.63) is 69.8 Å². The lowest BCUT2D eigenvalue weighted by Gasteiger charge is -2.16. The Labute approximate surface area is 183 Å². The van der Waals surface area contributed by atoms with Crippen LogP contribution in [0.3, 0.4) is 0 Å². The van der Waals surface area contributed by atoms with Crippen LogP contribution in [0.2, 0.25) is 5.02 Å². The molecule has 2 aromatic rings. The summed E-state index contributed by atoms with van der Waals surface area (Å²) in [4.78, 5) is 38.7. The number of nitrogens with zero attached hydrogens (tertiary/aromatic N) is 1. The second-order valence-corrected chi connectivity index (χ2v) is 8.03. The first-order valence-corrected chi connectivity index (χ1v) is 10.4. The minimum atomic E-state index is -0.648. The van der Waals surface area contributed by atoms with Gasteiger partial charge in [0, 0.05) is 17.3 Å². The van der Waals surface area contributed by atoms with E-state index in [1.165, 1.54) is 0 Å². The van der Waals surface area contributed by atoms with E-state index in [0.29, 0.717) is 11.3 Å². The number of imide groups is 1. The van der Waals surface area contributed by atoms with Crippen LogP contribution in [-0.4, -0.2) is 23.8 Å². The van der Waals surface area contributed by atoms with Gasteiger partial charge in [0.15, 0.2) is 0 Å². The number of para-hydroxylation sites is 1. The molecule has 0 radical (unpaired) electrons. The molecule has 30 heavy (non-hydrogen) atoms. The molecule has 154 valence electrons. The van der Waals surface area contributed by atoms with Crippen molar-refractivity contribution < 1.29 is 14.4 Å². The molecule has 8 heteroatoms. The molecule has 6 nitrogen and oxygen atoms in total. The molecule has 1 aliphatic carbocycles. The number of hydrogen-bond acceptors (Lipinski definition) is 4. The highest BCUT2D eigenvalue weighted by Gasteiger charge is 2.39. The molecule has 1 fully saturated rings. The van der Waals surface area contributed by atoms with Crippen LogP contribution < -0.4 is 15.5 Å². The summed E-state index contributed by atoms with van der Waals surface area (Å²) in [6.07, 6.45) is 4.30. The zero-order valence-electron chi connectivity index (χ0n) is 16.0. The van der Waals surface area contributed by atoms with Crippen LogP contribution in [0.4, 0.5) is 11.4 Å². The predicted octanol–water partition coefficient (Wildman–Crippen LogP) is 4.45. The summed E-state index contributed by atoms with van der Waals surface area (Å²) in [5.41, 5.74) is 1.29. The van der Waals surface area contributed by atoms with E-state index in [-0.39, 0.29) is 33.4 Å². The molecular weight excluding hydrogens is 425 g/mol. The number of halogens is 2. The number of nitrogens with one attached hydrogen (secondary N) is 2. The predicted molar refractivity (Wildman–Crippen MR) is 117 cm³/mol. The molecule has 0 aromatic heterocycles. The molecule has 1 heterocycles. The van der Waals surface area contributed by atoms with E-state index in [1.807, 2.05) is 0 Å². The van der Waals surface area contributed by atoms with E-state index in [2.05, 4.69) is 10.6 Å². The lowest BCUT2D eigenvalue weighted by atomic mass is 10.1. The van der Waals surface area contributed by atoms with Crippen molar-refractivity contribution in [2.24, 2.45) is 0 Å². The Hall–Kier alpha value is -2.83. The highest BCUT2D eigenvalue weighted by molar-refractivity contribution is 6.53. The lowest BCUT2D eigenvalue weighted by Crippen LogP contribution is -2.32. The molecule has 1 aliphatic heterocycles. The number of benzene rings is 2. The summed E-state index contributed by atoms with van der Waals surface area (Å²) in [7, 11) is 0. The Morgan fingerprint density at radius 1 is 0.933 bits per heavy atom. The Kier molecular flexibility index (Phi) is 5.79. The van der Waals surface area contributed by atoms with Gasteiger partial charge in [0.05, 0.1) is 10.7 Å². The maximum absolute atomic E-state index is 12.8. The molecular formula is C22H19Cl2N3O3. The number of rotatable bonds is 5. The third-order valence-corrected chi connectivity index (χ3v) is 5.90. The maximum Gasteiger partial charge on any atom is 0.283 e. The maximum atomic E-state index is 12.8. The Morgan fingerprint density at radius 2 is 1.60 bits per heavy atom. The van der Waals surface area contributed by atoms with E-state index in [0.717, 1.165) is 30.6 Å². The van der Waals surface area contributed by atoms with E-state index in [1.54, 1.807) is 48.5 Å². The molecule has 0 spiro atoms. The number of anilines is 2. The highest BCUT2D eigenvalue weighted by atomic mass is 35.5. The molecule has 2 N–H and O–H groups in total. The van der Waals surface area contributed by atoms with Gasteiger partial charge in [-0.15, -0.1) is 0 Å². The Morgan fingerprint density at radius 3 is 2.27 bits per heavy atom. The van der Waals surface area contributed by atoms with Crippen LogP contribution >= 0.6 is 23.2 Å². The van der Waals surface area contributed by atoms with Gasteiger partial charge in [-0.2, -0.15) is 0 Å². The zero-order chi connectivity index (χ0) is 21.3. The molecule has 0 saturated heterocycles. The molecule has 4 rings (SSSR count). The van der Waals surface area contributed by atoms with Gasteiger partial charge in [0.2, 0.25) is 0 Å². The van der Waals surface area contributed by atoms with Gasteiger partial charge in [0.1, 0.15) is 10.7 Å². The third kappa shape index (κ3) is 3.93. The van der Waals surface area contributed by atoms with Crippen molar-refractivity contribution in [3.8, 4) is 0 Å². The standard InChI is InChI=1S/C22H19Cl2N3O3/c23-16-7-3-4-8-17(16)27-21(29)18(24)19(22(27)30)25-15-11-9-13(10-12-15)20(28)26-14-5-1-2-6-14/h3-4,7-12,14,25H,1-2,5-6H2,(H,26,28). The quantitative estimate of drug-likeness (QED) is 0.669. The molecule has 0 unspecified atom stereocenters. The van der Waals surface area contributed by atoms with Gasteiger partial charge in [-0.05, 0) is 49.2 Å². The van der Waals surface area contributed by atoms with Crippen molar-refractivity contribution in [3.63, 3.8) is 0 Å². The molecule has 1 saturated carbocycles. The average molecular weight is 444 g/mol. The first-order valence-electron chi connectivity index (χ1n) is 9.67. The van der Waals surface area contributed by atoms with Crippen LogP contribution in [-0.2, 0) is 9.59 Å². The fourth-order valence-corrected chi connectivity index (χ4v) is 4.08. The second kappa shape index (κ2) is 8.50. The first kappa shape index (κ1) is 20.4. The van der Waals surface area contributed by atoms with Gasteiger partial charge in [0.25, 0.3) is 17.7 Å². The third-order valence-electron chi connectivity index (χ3n) is 5.23. The van der Waals surface area contributed by atoms with Crippen molar-refractivity contribution in [2.75, 3.05) is 10.2 Å². The van der Waals surface area contributed by atoms with Crippen LogP contribution in [0.25, 0.3) is 0 Å². The van der Waals surface area contributed by atoms with Crippen molar-refractivity contribution in [1.82, 2.24) is 5.32 Å². The fourth-order valence-electron chi connectivity index (χ4n) is 3.65. The van der Waals surface area contributed by atoms with Gasteiger partial charge >= 0.3 is 0 Å². The molecule has 2 aliphatic rings. The van der Waals surface area contributed by atoms with Crippen molar-refractivity contribution in [2.45, 2.75) is 31.7 Å². The molecule has 0 atom stereocenters. The summed E-state index contributed by atoms with van der Waals surface area (Å²) in [6, 6.07) is 13.4. The summed E-state index contributed by atoms with van der Waals surface area (Å²) in [5, 5.41) is 5.97. The second-order valence-electron chi connectivity index (χ2n) is 7.24. The van der Waals surface area contributed by atoms with Gasteiger partial charge in [-0.25, -0.2) is 4.90 Å². The smallest absolute Gasteiger partial charge is 0.283 e. The Bertz CT molecular complexity index is 1040. The topological polar surface area (TPSA) is 78.5 Å². The lowest BCUT2D eigenvalue weighted by molar-refractivity contribution is -0.120. The van der Waals surface area contributed by atoms with Crippen LogP contribution in [0, 0.1) is 0 Å². The summed E-state index contributed by atoms with van der Waals surface area (Å²) in [6.45, 7) is 0. The number of carbonyl (C=O) groups is 3. The highest BCUT2D eigenvalue weighted by Crippen LogP contribution is 2.34. The van der Waals surface area contributed by atoms with Gasteiger partial charge in [-0.3, -0.25) is 14.4 Å². The van der Waals surface area contributed by atoms with Gasteiger partial charge < -0.3 is 10.6 Å². The minimum absolute atomic E-state index is 0.0373. The van der Waals surface area contributed by atoms with Crippen LogP contribution in [0.1, 0.15) is 36.0 Å². The van der Waals surface area contributed by atoms with E-state index >= 15 is 0 Å². The summed E-state index contributed by atoms with van der Waals surface area (Å²) in [5.74, 6) is -1.37. The fraction of sp³-hybridized carbons (Fsp3) is 0.227. The van der Waals surface area contributed by atoms with Gasteiger partial charge in [-0.1, -0.05) is 48.2 Å². The van der Waals surface area contributed by atoms with E-state index < -0.39 is 11.8 Å². The summed E-state index contributed by atoms with van der Waals surface area (Å²) >= 11 is 12.3. The monoisotopic (exact) mass is 443 g/mol. The average Bonchev–Trinajstić information content (AvgIpc) is 3.32. The minimum Gasteiger partial charge on any atom is -0.350 e. The number of carbonyl (C=O) groups excluding carboxylic acids is 3. The Balaban J connectivity index is 1.48. The van der Waals surface area contributed by atoms with Crippen LogP contribution in [0.15, 0.2) is 59.3 Å². The van der Waals surface area contributed by atoms with E-state index in [9.17, 15) is 14.4 Å². The van der Waals surface area contributed by atoms with Crippen molar-refractivity contribution >= 4 is 52.3 Å².